The first-order chi connectivity index (χ1) is 17.2. The normalized spacial score (nSPS) is 15.0. The van der Waals surface area contributed by atoms with Gasteiger partial charge >= 0.3 is 0 Å². The second kappa shape index (κ2) is 11.6. The van der Waals surface area contributed by atoms with E-state index >= 15 is 0 Å². The van der Waals surface area contributed by atoms with Crippen molar-refractivity contribution in [2.75, 3.05) is 32.7 Å². The number of benzene rings is 2. The van der Waals surface area contributed by atoms with Crippen molar-refractivity contribution in [3.05, 3.63) is 87.1 Å². The molecular weight excluding hydrogens is 471 g/mol. The maximum atomic E-state index is 13.5. The van der Waals surface area contributed by atoms with Crippen LogP contribution in [0, 0.1) is 5.82 Å². The molecule has 4 rings (SSSR count). The molecule has 2 heterocycles. The first-order valence-electron chi connectivity index (χ1n) is 12.7. The number of hydrogen-bond acceptors (Lipinski definition) is 5. The Morgan fingerprint density at radius 2 is 1.53 bits per heavy atom. The molecule has 192 valence electrons. The van der Waals surface area contributed by atoms with Gasteiger partial charge in [0.05, 0.1) is 6.54 Å². The number of thiazole rings is 1. The lowest BCUT2D eigenvalue weighted by Crippen LogP contribution is -2.48. The molecule has 1 fully saturated rings. The third kappa shape index (κ3) is 6.99. The molecule has 0 saturated carbocycles. The predicted molar refractivity (Wildman–Crippen MR) is 145 cm³/mol. The molecule has 0 aliphatic carbocycles. The highest BCUT2D eigenvalue weighted by atomic mass is 32.1. The van der Waals surface area contributed by atoms with Crippen molar-refractivity contribution >= 4 is 17.2 Å². The molecule has 0 bridgehead atoms. The van der Waals surface area contributed by atoms with Crippen molar-refractivity contribution < 1.29 is 9.18 Å². The number of nitrogens with zero attached hydrogens (tertiary/aromatic N) is 4. The minimum Gasteiger partial charge on any atom is -0.335 e. The van der Waals surface area contributed by atoms with Gasteiger partial charge in [-0.15, -0.1) is 11.3 Å². The topological polar surface area (TPSA) is 39.7 Å². The minimum absolute atomic E-state index is 0.0242. The van der Waals surface area contributed by atoms with Gasteiger partial charge in [0, 0.05) is 44.6 Å². The molecule has 1 aromatic heterocycles. The van der Waals surface area contributed by atoms with Crippen LogP contribution < -0.4 is 0 Å². The fraction of sp³-hybridized carbons (Fsp3) is 0.448. The highest BCUT2D eigenvalue weighted by Gasteiger charge is 2.23. The molecule has 0 radical (unpaired) electrons. The van der Waals surface area contributed by atoms with E-state index in [-0.39, 0.29) is 17.1 Å². The van der Waals surface area contributed by atoms with E-state index < -0.39 is 0 Å². The SMILES string of the molecule is CCN1CCN(C(=O)c2csc(CN(Cc3ccc(F)cc3)Cc3ccc(C(C)(C)C)cc3)n2)CC1. The minimum atomic E-state index is -0.231. The molecule has 2 aromatic carbocycles. The molecule has 36 heavy (non-hydrogen) atoms. The molecule has 7 heteroatoms. The molecule has 1 aliphatic rings. The first kappa shape index (κ1) is 26.5. The molecule has 0 atom stereocenters. The van der Waals surface area contributed by atoms with Gasteiger partial charge in [-0.05, 0) is 40.8 Å². The summed E-state index contributed by atoms with van der Waals surface area (Å²) in [7, 11) is 0. The van der Waals surface area contributed by atoms with Gasteiger partial charge in [0.2, 0.25) is 0 Å². The van der Waals surface area contributed by atoms with Crippen molar-refractivity contribution in [3.63, 3.8) is 0 Å². The second-order valence-corrected chi connectivity index (χ2v) is 11.5. The number of likely N-dealkylation sites (N-methyl/N-ethyl adjacent to an activating group) is 1. The monoisotopic (exact) mass is 508 g/mol. The van der Waals surface area contributed by atoms with Crippen molar-refractivity contribution in [2.45, 2.75) is 52.7 Å². The van der Waals surface area contributed by atoms with Gasteiger partial charge in [-0.2, -0.15) is 0 Å². The summed E-state index contributed by atoms with van der Waals surface area (Å²) in [4.78, 5) is 24.3. The Hall–Kier alpha value is -2.61. The molecule has 3 aromatic rings. The number of carbonyl (C=O) groups is 1. The lowest BCUT2D eigenvalue weighted by molar-refractivity contribution is 0.0638. The van der Waals surface area contributed by atoms with Crippen LogP contribution in [0.3, 0.4) is 0 Å². The number of amides is 1. The van der Waals surface area contributed by atoms with Gasteiger partial charge < -0.3 is 9.80 Å². The van der Waals surface area contributed by atoms with Crippen LogP contribution in [0.1, 0.15) is 59.9 Å². The van der Waals surface area contributed by atoms with E-state index in [4.69, 9.17) is 4.98 Å². The van der Waals surface area contributed by atoms with E-state index in [0.717, 1.165) is 49.8 Å². The van der Waals surface area contributed by atoms with E-state index in [9.17, 15) is 9.18 Å². The number of aromatic nitrogens is 1. The summed E-state index contributed by atoms with van der Waals surface area (Å²) < 4.78 is 13.5. The predicted octanol–water partition coefficient (Wildman–Crippen LogP) is 5.56. The van der Waals surface area contributed by atoms with Crippen LogP contribution in [0.25, 0.3) is 0 Å². The molecule has 0 spiro atoms. The van der Waals surface area contributed by atoms with Gasteiger partial charge in [-0.1, -0.05) is 64.1 Å². The van der Waals surface area contributed by atoms with Gasteiger partial charge in [-0.3, -0.25) is 9.69 Å². The zero-order valence-electron chi connectivity index (χ0n) is 21.8. The number of piperazine rings is 1. The largest absolute Gasteiger partial charge is 0.335 e. The summed E-state index contributed by atoms with van der Waals surface area (Å²) in [6.45, 7) is 15.2. The second-order valence-electron chi connectivity index (χ2n) is 10.6. The van der Waals surface area contributed by atoms with Crippen LogP contribution in [0.15, 0.2) is 53.9 Å². The molecule has 5 nitrogen and oxygen atoms in total. The van der Waals surface area contributed by atoms with E-state index in [1.165, 1.54) is 34.6 Å². The smallest absolute Gasteiger partial charge is 0.273 e. The van der Waals surface area contributed by atoms with Gasteiger partial charge in [-0.25, -0.2) is 9.37 Å². The molecule has 0 unspecified atom stereocenters. The van der Waals surface area contributed by atoms with Crippen molar-refractivity contribution in [3.8, 4) is 0 Å². The van der Waals surface area contributed by atoms with E-state index in [2.05, 4.69) is 61.8 Å². The number of rotatable bonds is 8. The summed E-state index contributed by atoms with van der Waals surface area (Å²) in [5.74, 6) is -0.206. The van der Waals surface area contributed by atoms with Gasteiger partial charge in [0.25, 0.3) is 5.91 Å². The fourth-order valence-electron chi connectivity index (χ4n) is 4.49. The summed E-state index contributed by atoms with van der Waals surface area (Å²) in [5, 5.41) is 2.80. The average molecular weight is 509 g/mol. The summed E-state index contributed by atoms with van der Waals surface area (Å²) >= 11 is 1.53. The molecular formula is C29H37FN4OS. The van der Waals surface area contributed by atoms with Crippen molar-refractivity contribution in [1.82, 2.24) is 19.7 Å². The lowest BCUT2D eigenvalue weighted by atomic mass is 9.87. The Bertz CT molecular complexity index is 1130. The van der Waals surface area contributed by atoms with Gasteiger partial charge in [0.1, 0.15) is 16.5 Å². The lowest BCUT2D eigenvalue weighted by Gasteiger charge is -2.33. The fourth-order valence-corrected chi connectivity index (χ4v) is 5.30. The highest BCUT2D eigenvalue weighted by molar-refractivity contribution is 7.09. The third-order valence-electron chi connectivity index (χ3n) is 6.78. The number of hydrogen-bond donors (Lipinski definition) is 0. The molecule has 1 saturated heterocycles. The zero-order chi connectivity index (χ0) is 25.7. The van der Waals surface area contributed by atoms with E-state index in [0.29, 0.717) is 18.8 Å². The average Bonchev–Trinajstić information content (AvgIpc) is 3.33. The van der Waals surface area contributed by atoms with Crippen LogP contribution in [-0.2, 0) is 25.0 Å². The van der Waals surface area contributed by atoms with Crippen LogP contribution in [0.5, 0.6) is 0 Å². The van der Waals surface area contributed by atoms with Crippen LogP contribution in [-0.4, -0.2) is 58.3 Å². The Morgan fingerprint density at radius 3 is 2.08 bits per heavy atom. The maximum absolute atomic E-state index is 13.5. The van der Waals surface area contributed by atoms with Crippen molar-refractivity contribution in [2.24, 2.45) is 0 Å². The van der Waals surface area contributed by atoms with Crippen molar-refractivity contribution in [1.29, 1.82) is 0 Å². The van der Waals surface area contributed by atoms with E-state index in [1.807, 2.05) is 22.4 Å². The zero-order valence-corrected chi connectivity index (χ0v) is 22.7. The summed E-state index contributed by atoms with van der Waals surface area (Å²) in [6.07, 6.45) is 0. The number of halogens is 1. The summed E-state index contributed by atoms with van der Waals surface area (Å²) in [5.41, 5.74) is 4.21. The van der Waals surface area contributed by atoms with Gasteiger partial charge in [0.15, 0.2) is 0 Å². The van der Waals surface area contributed by atoms with E-state index in [1.54, 1.807) is 0 Å². The first-order valence-corrected chi connectivity index (χ1v) is 13.6. The van der Waals surface area contributed by atoms with Crippen LogP contribution >= 0.6 is 11.3 Å². The standard InChI is InChI=1S/C29H37FN4OS/c1-5-32-14-16-34(17-15-32)28(35)26-21-36-27(31-26)20-33(19-23-8-12-25(30)13-9-23)18-22-6-10-24(11-7-22)29(2,3)4/h6-13,21H,5,14-20H2,1-4H3. The quantitative estimate of drug-likeness (QED) is 0.399. The highest BCUT2D eigenvalue weighted by Crippen LogP contribution is 2.24. The Morgan fingerprint density at radius 1 is 0.944 bits per heavy atom. The Balaban J connectivity index is 1.46. The Labute approximate surface area is 218 Å². The molecule has 0 N–H and O–H groups in total. The Kier molecular flexibility index (Phi) is 8.54. The molecule has 1 aliphatic heterocycles. The van der Waals surface area contributed by atoms with Crippen LogP contribution in [0.2, 0.25) is 0 Å². The van der Waals surface area contributed by atoms with Crippen LogP contribution in [0.4, 0.5) is 4.39 Å². The third-order valence-corrected chi connectivity index (χ3v) is 7.62. The maximum Gasteiger partial charge on any atom is 0.273 e. The summed E-state index contributed by atoms with van der Waals surface area (Å²) in [6, 6.07) is 15.4. The molecule has 1 amide bonds. The number of carbonyl (C=O) groups excluding carboxylic acids is 1.